The second-order valence-electron chi connectivity index (χ2n) is 8.46. The molecule has 0 unspecified atom stereocenters. The first kappa shape index (κ1) is 23.6. The van der Waals surface area contributed by atoms with Gasteiger partial charge in [-0.1, -0.05) is 88.0 Å². The van der Waals surface area contributed by atoms with Crippen molar-refractivity contribution < 1.29 is 8.23 Å². The van der Waals surface area contributed by atoms with Crippen molar-refractivity contribution in [3.63, 3.8) is 0 Å². The van der Waals surface area contributed by atoms with E-state index in [9.17, 15) is 0 Å². The predicted octanol–water partition coefficient (Wildman–Crippen LogP) is 5.91. The van der Waals surface area contributed by atoms with Crippen LogP contribution in [0.3, 0.4) is 0 Å². The van der Waals surface area contributed by atoms with Gasteiger partial charge in [0, 0.05) is 0 Å². The Morgan fingerprint density at radius 2 is 1.00 bits per heavy atom. The van der Waals surface area contributed by atoms with E-state index in [1.54, 1.807) is 0 Å². The summed E-state index contributed by atoms with van der Waals surface area (Å²) in [7, 11) is -3.81. The molecule has 0 aliphatic carbocycles. The van der Waals surface area contributed by atoms with Crippen LogP contribution in [0.2, 0.25) is 28.2 Å². The van der Waals surface area contributed by atoms with Gasteiger partial charge in [0.15, 0.2) is 18.1 Å². The van der Waals surface area contributed by atoms with Gasteiger partial charge in [-0.05, 0) is 28.2 Å². The van der Waals surface area contributed by atoms with Crippen LogP contribution in [-0.2, 0) is 8.23 Å². The van der Waals surface area contributed by atoms with E-state index in [0.29, 0.717) is 22.2 Å². The lowest BCUT2D eigenvalue weighted by Crippen LogP contribution is -2.41. The molecule has 23 heavy (non-hydrogen) atoms. The number of hydrogen-bond donors (Lipinski definition) is 0. The summed E-state index contributed by atoms with van der Waals surface area (Å²) in [6.07, 6.45) is 5.31. The van der Waals surface area contributed by atoms with Crippen molar-refractivity contribution in [2.75, 3.05) is 0 Å². The van der Waals surface area contributed by atoms with Crippen LogP contribution in [0, 0.1) is 0 Å². The molecule has 0 saturated heterocycles. The van der Waals surface area contributed by atoms with Gasteiger partial charge in [0.2, 0.25) is 0 Å². The van der Waals surface area contributed by atoms with Crippen molar-refractivity contribution in [3.05, 3.63) is 0 Å². The standard InChI is InChI=1S/C18H44O2Si3/c1-10-11-12-13-14-21(19-22(15(2)3)16(4)5)20-23(17(6)7)18(8)9/h15-18,21-23H,10-14H2,1-9H3. The highest BCUT2D eigenvalue weighted by Gasteiger charge is 2.30. The first-order valence-corrected chi connectivity index (χ1v) is 15.4. The van der Waals surface area contributed by atoms with E-state index in [0.717, 1.165) is 0 Å². The molecule has 140 valence electrons. The van der Waals surface area contributed by atoms with E-state index in [1.807, 2.05) is 0 Å². The zero-order valence-corrected chi connectivity index (χ0v) is 20.9. The maximum atomic E-state index is 6.77. The van der Waals surface area contributed by atoms with Gasteiger partial charge in [-0.3, -0.25) is 0 Å². The fraction of sp³-hybridized carbons (Fsp3) is 1.00. The molecule has 0 N–H and O–H groups in total. The van der Waals surface area contributed by atoms with Gasteiger partial charge in [0.25, 0.3) is 9.28 Å². The molecular weight excluding hydrogens is 332 g/mol. The molecule has 0 saturated carbocycles. The van der Waals surface area contributed by atoms with Gasteiger partial charge in [0.1, 0.15) is 0 Å². The van der Waals surface area contributed by atoms with Crippen LogP contribution in [0.15, 0.2) is 0 Å². The SMILES string of the molecule is CCCCCC[SiH](O[SiH](C(C)C)C(C)C)O[SiH](C(C)C)C(C)C. The normalized spacial score (nSPS) is 13.0. The van der Waals surface area contributed by atoms with E-state index in [1.165, 1.54) is 31.7 Å². The summed E-state index contributed by atoms with van der Waals surface area (Å²) in [6.45, 7) is 21.1. The third-order valence-corrected chi connectivity index (χ3v) is 15.6. The second kappa shape index (κ2) is 12.9. The van der Waals surface area contributed by atoms with Crippen LogP contribution >= 0.6 is 0 Å². The summed E-state index contributed by atoms with van der Waals surface area (Å²) in [6, 6.07) is 1.23. The molecule has 0 heterocycles. The molecule has 0 aromatic heterocycles. The lowest BCUT2D eigenvalue weighted by Gasteiger charge is -2.33. The fourth-order valence-corrected chi connectivity index (χ4v) is 16.9. The van der Waals surface area contributed by atoms with E-state index >= 15 is 0 Å². The van der Waals surface area contributed by atoms with E-state index in [2.05, 4.69) is 62.3 Å². The minimum atomic E-state index is -1.49. The van der Waals surface area contributed by atoms with Crippen LogP contribution in [-0.4, -0.2) is 27.4 Å². The van der Waals surface area contributed by atoms with Gasteiger partial charge in [0.05, 0.1) is 0 Å². The van der Waals surface area contributed by atoms with E-state index in [4.69, 9.17) is 8.23 Å². The molecule has 0 fully saturated rings. The summed E-state index contributed by atoms with van der Waals surface area (Å²) >= 11 is 0. The lowest BCUT2D eigenvalue weighted by molar-refractivity contribution is 0.403. The van der Waals surface area contributed by atoms with Crippen molar-refractivity contribution in [2.45, 2.75) is 116 Å². The maximum absolute atomic E-state index is 6.77. The van der Waals surface area contributed by atoms with Gasteiger partial charge < -0.3 is 8.23 Å². The molecule has 2 nitrogen and oxygen atoms in total. The minimum Gasteiger partial charge on any atom is -0.440 e. The highest BCUT2D eigenvalue weighted by Crippen LogP contribution is 2.27. The molecule has 0 aromatic carbocycles. The van der Waals surface area contributed by atoms with Crippen LogP contribution in [0.25, 0.3) is 0 Å². The Morgan fingerprint density at radius 3 is 1.30 bits per heavy atom. The summed E-state index contributed by atoms with van der Waals surface area (Å²) in [5.41, 5.74) is 2.84. The number of unbranched alkanes of at least 4 members (excludes halogenated alkanes) is 3. The van der Waals surface area contributed by atoms with Crippen molar-refractivity contribution in [1.29, 1.82) is 0 Å². The Balaban J connectivity index is 4.84. The Hall–Kier alpha value is 0.571. The molecule has 0 bridgehead atoms. The summed E-state index contributed by atoms with van der Waals surface area (Å²) in [5, 5.41) is 0. The van der Waals surface area contributed by atoms with Crippen LogP contribution in [0.5, 0.6) is 0 Å². The minimum absolute atomic E-state index is 0.711. The summed E-state index contributed by atoms with van der Waals surface area (Å²) in [4.78, 5) is 0. The molecule has 0 aliphatic rings. The Kier molecular flexibility index (Phi) is 13.2. The third-order valence-electron chi connectivity index (χ3n) is 4.54. The van der Waals surface area contributed by atoms with Gasteiger partial charge in [-0.15, -0.1) is 0 Å². The molecule has 0 amide bonds. The zero-order chi connectivity index (χ0) is 18.0. The Labute approximate surface area is 152 Å². The van der Waals surface area contributed by atoms with Crippen LogP contribution < -0.4 is 0 Å². The summed E-state index contributed by atoms with van der Waals surface area (Å²) in [5.74, 6) is 0. The molecule has 0 aliphatic heterocycles. The average Bonchev–Trinajstić information content (AvgIpc) is 2.43. The highest BCUT2D eigenvalue weighted by atomic mass is 28.4. The van der Waals surface area contributed by atoms with E-state index in [-0.39, 0.29) is 0 Å². The molecule has 5 heteroatoms. The van der Waals surface area contributed by atoms with E-state index < -0.39 is 27.4 Å². The monoisotopic (exact) mass is 376 g/mol. The topological polar surface area (TPSA) is 18.5 Å². The van der Waals surface area contributed by atoms with Gasteiger partial charge in [-0.2, -0.15) is 0 Å². The summed E-state index contributed by atoms with van der Waals surface area (Å²) < 4.78 is 13.5. The molecule has 0 spiro atoms. The molecular formula is C18H44O2Si3. The Morgan fingerprint density at radius 1 is 0.609 bits per heavy atom. The molecule has 0 atom stereocenters. The Bertz CT molecular complexity index is 245. The van der Waals surface area contributed by atoms with Crippen molar-refractivity contribution >= 4 is 27.4 Å². The number of rotatable bonds is 13. The van der Waals surface area contributed by atoms with Gasteiger partial charge >= 0.3 is 0 Å². The fourth-order valence-electron chi connectivity index (χ4n) is 3.42. The number of hydrogen-bond acceptors (Lipinski definition) is 2. The predicted molar refractivity (Wildman–Crippen MR) is 113 cm³/mol. The van der Waals surface area contributed by atoms with Gasteiger partial charge in [-0.25, -0.2) is 0 Å². The molecule has 0 rings (SSSR count). The first-order valence-electron chi connectivity index (χ1n) is 10.0. The first-order chi connectivity index (χ1) is 10.7. The third kappa shape index (κ3) is 10.2. The zero-order valence-electron chi connectivity index (χ0n) is 17.4. The molecule has 0 aromatic rings. The van der Waals surface area contributed by atoms with Crippen molar-refractivity contribution in [1.82, 2.24) is 0 Å². The largest absolute Gasteiger partial charge is 0.440 e. The molecule has 0 radical (unpaired) electrons. The smallest absolute Gasteiger partial charge is 0.300 e. The van der Waals surface area contributed by atoms with Crippen molar-refractivity contribution in [2.24, 2.45) is 0 Å². The quantitative estimate of drug-likeness (QED) is 0.294. The van der Waals surface area contributed by atoms with Crippen LogP contribution in [0.1, 0.15) is 88.0 Å². The average molecular weight is 377 g/mol. The second-order valence-corrected chi connectivity index (χ2v) is 19.3. The lowest BCUT2D eigenvalue weighted by atomic mass is 10.2. The maximum Gasteiger partial charge on any atom is 0.300 e. The highest BCUT2D eigenvalue weighted by molar-refractivity contribution is 6.70. The van der Waals surface area contributed by atoms with Crippen LogP contribution in [0.4, 0.5) is 0 Å². The van der Waals surface area contributed by atoms with Crippen molar-refractivity contribution in [3.8, 4) is 0 Å².